The summed E-state index contributed by atoms with van der Waals surface area (Å²) in [4.78, 5) is 11.0. The van der Waals surface area contributed by atoms with E-state index in [-0.39, 0.29) is 22.1 Å². The second-order valence-electron chi connectivity index (χ2n) is 7.48. The maximum Gasteiger partial charge on any atom is 0.346 e. The van der Waals surface area contributed by atoms with Crippen molar-refractivity contribution in [1.29, 1.82) is 0 Å². The zero-order valence-electron chi connectivity index (χ0n) is 17.0. The van der Waals surface area contributed by atoms with Gasteiger partial charge >= 0.3 is 13.4 Å². The number of nitro groups is 1. The number of sulfone groups is 1. The minimum Gasteiger partial charge on any atom is -0.450 e. The summed E-state index contributed by atoms with van der Waals surface area (Å²) in [5.41, 5.74) is 0.334. The molecule has 1 atom stereocenters. The molecule has 12 heteroatoms. The Bertz CT molecular complexity index is 1150. The largest absolute Gasteiger partial charge is 0.450 e. The van der Waals surface area contributed by atoms with Crippen molar-refractivity contribution in [3.63, 3.8) is 0 Å². The Morgan fingerprint density at radius 3 is 2.13 bits per heavy atom. The third-order valence-corrected chi connectivity index (χ3v) is 8.94. The van der Waals surface area contributed by atoms with Crippen LogP contribution in [0.5, 0.6) is 11.5 Å². The summed E-state index contributed by atoms with van der Waals surface area (Å²) >= 11 is 0. The molecule has 31 heavy (non-hydrogen) atoms. The van der Waals surface area contributed by atoms with Crippen LogP contribution in [0.25, 0.3) is 0 Å². The molecule has 2 aromatic carbocycles. The summed E-state index contributed by atoms with van der Waals surface area (Å²) in [6.07, 6.45) is 0.510. The molecule has 4 rings (SSSR count). The number of nitrogens with zero attached hydrogens (tertiary/aromatic N) is 3. The second kappa shape index (κ2) is 7.99. The molecule has 2 heterocycles. The molecule has 2 aromatic rings. The highest BCUT2D eigenvalue weighted by Crippen LogP contribution is 2.63. The topological polar surface area (TPSA) is 119 Å². The van der Waals surface area contributed by atoms with Gasteiger partial charge in [-0.1, -0.05) is 0 Å². The van der Waals surface area contributed by atoms with Gasteiger partial charge < -0.3 is 4.74 Å². The van der Waals surface area contributed by atoms with Crippen LogP contribution in [0.4, 0.5) is 5.69 Å². The van der Waals surface area contributed by atoms with Gasteiger partial charge in [0, 0.05) is 38.5 Å². The minimum atomic E-state index is -3.37. The molecular formula is C19H22N3O7PS. The third-order valence-electron chi connectivity index (χ3n) is 4.99. The number of hydrogen-bond donors (Lipinski definition) is 0. The van der Waals surface area contributed by atoms with Crippen molar-refractivity contribution in [3.05, 3.63) is 58.1 Å². The molecule has 0 amide bonds. The molecule has 0 spiro atoms. The third kappa shape index (κ3) is 4.81. The molecule has 1 unspecified atom stereocenters. The van der Waals surface area contributed by atoms with E-state index in [1.807, 2.05) is 0 Å². The van der Waals surface area contributed by atoms with Crippen molar-refractivity contribution in [2.75, 3.05) is 32.4 Å². The summed E-state index contributed by atoms with van der Waals surface area (Å²) in [5, 5.41) is 11.5. The molecule has 0 saturated carbocycles. The van der Waals surface area contributed by atoms with Gasteiger partial charge in [-0.2, -0.15) is 0 Å². The van der Waals surface area contributed by atoms with Gasteiger partial charge in [0.2, 0.25) is 5.75 Å². The number of nitro benzene ring substituents is 1. The summed E-state index contributed by atoms with van der Waals surface area (Å²) in [5.74, 6) is 0.235. The molecule has 0 N–H and O–H groups in total. The van der Waals surface area contributed by atoms with E-state index in [1.54, 1.807) is 22.3 Å². The van der Waals surface area contributed by atoms with E-state index in [4.69, 9.17) is 9.26 Å². The van der Waals surface area contributed by atoms with Crippen LogP contribution < -0.4 is 4.74 Å². The Kier molecular flexibility index (Phi) is 5.65. The first-order chi connectivity index (χ1) is 14.6. The smallest absolute Gasteiger partial charge is 0.346 e. The fourth-order valence-corrected chi connectivity index (χ4v) is 6.05. The molecule has 2 fully saturated rings. The van der Waals surface area contributed by atoms with Gasteiger partial charge in [-0.05, 0) is 48.9 Å². The Hall–Kier alpha value is -2.30. The lowest BCUT2D eigenvalue weighted by atomic mass is 10.1. The highest BCUT2D eigenvalue weighted by Gasteiger charge is 2.50. The Balaban J connectivity index is 1.59. The average molecular weight is 467 g/mol. The quantitative estimate of drug-likeness (QED) is 0.236. The molecule has 10 nitrogen and oxygen atoms in total. The van der Waals surface area contributed by atoms with Crippen LogP contribution in [-0.2, 0) is 18.9 Å². The van der Waals surface area contributed by atoms with Crippen molar-refractivity contribution in [3.8, 4) is 11.5 Å². The van der Waals surface area contributed by atoms with E-state index >= 15 is 0 Å². The fraction of sp³-hybridized carbons (Fsp3) is 0.368. The average Bonchev–Trinajstić information content (AvgIpc) is 3.59. The van der Waals surface area contributed by atoms with Crippen LogP contribution in [-0.4, -0.2) is 55.1 Å². The molecule has 0 aliphatic carbocycles. The van der Waals surface area contributed by atoms with Gasteiger partial charge in [-0.15, -0.1) is 0 Å². The first-order valence-electron chi connectivity index (χ1n) is 9.63. The molecular weight excluding hydrogens is 445 g/mol. The summed E-state index contributed by atoms with van der Waals surface area (Å²) in [6, 6.07) is 9.96. The zero-order valence-corrected chi connectivity index (χ0v) is 18.7. The van der Waals surface area contributed by atoms with Crippen LogP contribution in [0.1, 0.15) is 18.6 Å². The lowest BCUT2D eigenvalue weighted by molar-refractivity contribution is -0.385. The normalized spacial score (nSPS) is 17.9. The predicted molar refractivity (Wildman–Crippen MR) is 113 cm³/mol. The monoisotopic (exact) mass is 467 g/mol. The highest BCUT2D eigenvalue weighted by atomic mass is 32.2. The molecule has 166 valence electrons. The maximum atomic E-state index is 13.2. The fourth-order valence-electron chi connectivity index (χ4n) is 3.07. The van der Waals surface area contributed by atoms with Crippen LogP contribution >= 0.6 is 7.67 Å². The first-order valence-corrected chi connectivity index (χ1v) is 13.1. The Labute approximate surface area is 180 Å². The second-order valence-corrected chi connectivity index (χ2v) is 11.8. The molecule has 0 bridgehead atoms. The van der Waals surface area contributed by atoms with Gasteiger partial charge in [-0.3, -0.25) is 19.2 Å². The highest BCUT2D eigenvalue weighted by molar-refractivity contribution is 7.90. The van der Waals surface area contributed by atoms with Crippen molar-refractivity contribution < 1.29 is 27.2 Å². The minimum absolute atomic E-state index is 0.0154. The molecule has 0 radical (unpaired) electrons. The number of benzene rings is 2. The van der Waals surface area contributed by atoms with Crippen molar-refractivity contribution >= 4 is 23.2 Å². The number of hydrogen-bond acceptors (Lipinski definition) is 7. The van der Waals surface area contributed by atoms with Gasteiger partial charge in [0.25, 0.3) is 0 Å². The molecule has 2 aliphatic rings. The predicted octanol–water partition coefficient (Wildman–Crippen LogP) is 3.61. The van der Waals surface area contributed by atoms with Gasteiger partial charge in [0.05, 0.1) is 15.9 Å². The van der Waals surface area contributed by atoms with Crippen molar-refractivity contribution in [1.82, 2.24) is 9.34 Å². The SMILES string of the molecule is CC(OP(=O)(N1CC1)N1CC1)c1ccc([N+](=O)[O-])c(Oc2ccc(S(C)(=O)=O)cc2)c1. The molecule has 0 aromatic heterocycles. The lowest BCUT2D eigenvalue weighted by Gasteiger charge is -2.24. The van der Waals surface area contributed by atoms with Crippen LogP contribution in [0.3, 0.4) is 0 Å². The summed E-state index contributed by atoms with van der Waals surface area (Å²) in [7, 11) is -6.43. The Morgan fingerprint density at radius 2 is 1.65 bits per heavy atom. The van der Waals surface area contributed by atoms with Gasteiger partial charge in [0.15, 0.2) is 9.84 Å². The summed E-state index contributed by atoms with van der Waals surface area (Å²) in [6.45, 7) is 4.62. The van der Waals surface area contributed by atoms with Gasteiger partial charge in [0.1, 0.15) is 5.75 Å². The van der Waals surface area contributed by atoms with E-state index in [2.05, 4.69) is 0 Å². The summed E-state index contributed by atoms with van der Waals surface area (Å²) < 4.78 is 51.7. The molecule has 2 aliphatic heterocycles. The van der Waals surface area contributed by atoms with Crippen LogP contribution in [0.2, 0.25) is 0 Å². The van der Waals surface area contributed by atoms with E-state index in [9.17, 15) is 23.1 Å². The standard InChI is InChI=1S/C19H22N3O7PS/c1-14(29-30(25,20-9-10-20)21-11-12-21)15-3-8-18(22(23)24)19(13-15)28-16-4-6-17(7-5-16)31(2,26)27/h3-8,13-14H,9-12H2,1-2H3. The maximum absolute atomic E-state index is 13.2. The van der Waals surface area contributed by atoms with Gasteiger partial charge in [-0.25, -0.2) is 17.8 Å². The van der Waals surface area contributed by atoms with Crippen molar-refractivity contribution in [2.24, 2.45) is 0 Å². The first kappa shape index (κ1) is 21.9. The molecule has 2 saturated heterocycles. The van der Waals surface area contributed by atoms with E-state index in [1.165, 1.54) is 36.4 Å². The lowest BCUT2D eigenvalue weighted by Crippen LogP contribution is -2.10. The Morgan fingerprint density at radius 1 is 1.06 bits per heavy atom. The van der Waals surface area contributed by atoms with E-state index < -0.39 is 28.5 Å². The zero-order chi connectivity index (χ0) is 22.4. The van der Waals surface area contributed by atoms with Crippen LogP contribution in [0.15, 0.2) is 47.4 Å². The number of rotatable bonds is 9. The van der Waals surface area contributed by atoms with Crippen LogP contribution in [0, 0.1) is 10.1 Å². The van der Waals surface area contributed by atoms with E-state index in [0.29, 0.717) is 5.56 Å². The van der Waals surface area contributed by atoms with Crippen molar-refractivity contribution in [2.45, 2.75) is 17.9 Å². The number of ether oxygens (including phenoxy) is 1. The van der Waals surface area contributed by atoms with E-state index in [0.717, 1.165) is 32.4 Å².